The van der Waals surface area contributed by atoms with Crippen LogP contribution in [0.4, 0.5) is 5.69 Å². The number of carbonyl (C=O) groups is 2. The summed E-state index contributed by atoms with van der Waals surface area (Å²) in [7, 11) is 0. The van der Waals surface area contributed by atoms with Crippen LogP contribution in [0.15, 0.2) is 18.2 Å². The van der Waals surface area contributed by atoms with Crippen molar-refractivity contribution in [3.63, 3.8) is 0 Å². The number of phenols is 1. The molecule has 0 saturated carbocycles. The third-order valence-corrected chi connectivity index (χ3v) is 3.96. The number of phenolic OH excluding ortho intramolecular Hbond substituents is 1. The average molecular weight is 304 g/mol. The van der Waals surface area contributed by atoms with E-state index in [1.807, 2.05) is 17.9 Å². The predicted molar refractivity (Wildman–Crippen MR) is 86.0 cm³/mol. The number of carbonyl (C=O) groups excluding carboxylic acids is 2. The normalized spacial score (nSPS) is 18.4. The van der Waals surface area contributed by atoms with Gasteiger partial charge in [-0.05, 0) is 50.1 Å². The van der Waals surface area contributed by atoms with E-state index in [1.165, 1.54) is 0 Å². The van der Waals surface area contributed by atoms with E-state index in [1.54, 1.807) is 19.1 Å². The van der Waals surface area contributed by atoms with Crippen molar-refractivity contribution in [1.29, 1.82) is 0 Å². The Morgan fingerprint density at radius 2 is 2.18 bits per heavy atom. The Morgan fingerprint density at radius 1 is 1.41 bits per heavy atom. The minimum absolute atomic E-state index is 0.0146. The van der Waals surface area contributed by atoms with Gasteiger partial charge in [-0.2, -0.15) is 0 Å². The lowest BCUT2D eigenvalue weighted by Crippen LogP contribution is -2.29. The van der Waals surface area contributed by atoms with E-state index in [4.69, 9.17) is 0 Å². The highest BCUT2D eigenvalue weighted by Crippen LogP contribution is 2.24. The molecule has 1 heterocycles. The molecule has 2 N–H and O–H groups in total. The quantitative estimate of drug-likeness (QED) is 0.791. The van der Waals surface area contributed by atoms with E-state index in [0.717, 1.165) is 37.1 Å². The highest BCUT2D eigenvalue weighted by molar-refractivity contribution is 5.93. The van der Waals surface area contributed by atoms with Gasteiger partial charge in [-0.15, -0.1) is 0 Å². The lowest BCUT2D eigenvalue weighted by atomic mass is 10.1. The molecule has 1 aliphatic heterocycles. The first-order chi connectivity index (χ1) is 10.5. The van der Waals surface area contributed by atoms with Crippen LogP contribution in [0.3, 0.4) is 0 Å². The number of aromatic hydroxyl groups is 1. The van der Waals surface area contributed by atoms with Crippen molar-refractivity contribution in [3.8, 4) is 5.75 Å². The number of anilines is 1. The van der Waals surface area contributed by atoms with Crippen LogP contribution in [-0.4, -0.2) is 41.3 Å². The van der Waals surface area contributed by atoms with E-state index in [2.05, 4.69) is 5.32 Å². The molecule has 1 aromatic carbocycles. The molecule has 1 saturated heterocycles. The minimum Gasteiger partial charge on any atom is -0.508 e. The number of amides is 1. The maximum absolute atomic E-state index is 12.3. The molecule has 2 rings (SSSR count). The van der Waals surface area contributed by atoms with E-state index in [-0.39, 0.29) is 23.4 Å². The molecule has 5 heteroatoms. The summed E-state index contributed by atoms with van der Waals surface area (Å²) in [6.45, 7) is 5.45. The Bertz CT molecular complexity index is 557. The Balaban J connectivity index is 1.95. The lowest BCUT2D eigenvalue weighted by molar-refractivity contribution is -0.120. The van der Waals surface area contributed by atoms with Crippen molar-refractivity contribution >= 4 is 17.4 Å². The Labute approximate surface area is 131 Å². The van der Waals surface area contributed by atoms with Crippen LogP contribution in [0.5, 0.6) is 5.75 Å². The Morgan fingerprint density at radius 3 is 2.86 bits per heavy atom. The van der Waals surface area contributed by atoms with Gasteiger partial charge in [0, 0.05) is 12.2 Å². The van der Waals surface area contributed by atoms with Crippen molar-refractivity contribution in [3.05, 3.63) is 23.8 Å². The molecular weight excluding hydrogens is 280 g/mol. The third-order valence-electron chi connectivity index (χ3n) is 3.96. The van der Waals surface area contributed by atoms with Crippen molar-refractivity contribution in [2.45, 2.75) is 33.1 Å². The van der Waals surface area contributed by atoms with Crippen LogP contribution < -0.4 is 5.32 Å². The Kier molecular flexibility index (Phi) is 5.55. The molecule has 120 valence electrons. The number of nitrogens with zero attached hydrogens (tertiary/aromatic N) is 1. The first-order valence-electron chi connectivity index (χ1n) is 7.84. The van der Waals surface area contributed by atoms with Gasteiger partial charge < -0.3 is 10.4 Å². The van der Waals surface area contributed by atoms with Gasteiger partial charge in [0.25, 0.3) is 0 Å². The summed E-state index contributed by atoms with van der Waals surface area (Å²) in [6, 6.07) is 5.17. The smallest absolute Gasteiger partial charge is 0.228 e. The number of hydrogen-bond acceptors (Lipinski definition) is 4. The minimum atomic E-state index is -0.0808. The first-order valence-corrected chi connectivity index (χ1v) is 7.84. The molecule has 0 aliphatic carbocycles. The number of rotatable bonds is 6. The molecule has 1 aromatic rings. The summed E-state index contributed by atoms with van der Waals surface area (Å²) in [5.41, 5.74) is 1.57. The second kappa shape index (κ2) is 7.40. The topological polar surface area (TPSA) is 69.6 Å². The molecule has 1 unspecified atom stereocenters. The standard InChI is InChI=1S/C17H24N2O3/c1-3-4-13-9-15(5-6-16(13)21)18-17(22)14-7-8-19(11-14)10-12(2)20/h5-6,9,14,21H,3-4,7-8,10-11H2,1-2H3,(H,18,22). The van der Waals surface area contributed by atoms with Crippen molar-refractivity contribution in [1.82, 2.24) is 4.90 Å². The molecule has 22 heavy (non-hydrogen) atoms. The van der Waals surface area contributed by atoms with Gasteiger partial charge in [0.15, 0.2) is 0 Å². The van der Waals surface area contributed by atoms with E-state index < -0.39 is 0 Å². The summed E-state index contributed by atoms with van der Waals surface area (Å²) in [4.78, 5) is 25.5. The van der Waals surface area contributed by atoms with Crippen LogP contribution >= 0.6 is 0 Å². The van der Waals surface area contributed by atoms with Gasteiger partial charge in [0.2, 0.25) is 5.91 Å². The zero-order valence-corrected chi connectivity index (χ0v) is 13.3. The number of nitrogens with one attached hydrogen (secondary N) is 1. The molecule has 0 bridgehead atoms. The number of aryl methyl sites for hydroxylation is 1. The van der Waals surface area contributed by atoms with E-state index in [0.29, 0.717) is 13.1 Å². The number of hydrogen-bond donors (Lipinski definition) is 2. The van der Waals surface area contributed by atoms with Crippen LogP contribution in [0.25, 0.3) is 0 Å². The summed E-state index contributed by atoms with van der Waals surface area (Å²) in [5, 5.41) is 12.7. The van der Waals surface area contributed by atoms with Crippen molar-refractivity contribution in [2.75, 3.05) is 25.0 Å². The first kappa shape index (κ1) is 16.5. The highest BCUT2D eigenvalue weighted by Gasteiger charge is 2.28. The third kappa shape index (κ3) is 4.31. The maximum atomic E-state index is 12.3. The van der Waals surface area contributed by atoms with Crippen LogP contribution in [0.1, 0.15) is 32.3 Å². The second-order valence-corrected chi connectivity index (χ2v) is 6.01. The number of likely N-dealkylation sites (tertiary alicyclic amines) is 1. The van der Waals surface area contributed by atoms with Gasteiger partial charge >= 0.3 is 0 Å². The fourth-order valence-corrected chi connectivity index (χ4v) is 2.88. The molecule has 0 radical (unpaired) electrons. The predicted octanol–water partition coefficient (Wildman–Crippen LogP) is 2.19. The van der Waals surface area contributed by atoms with Gasteiger partial charge in [0.1, 0.15) is 11.5 Å². The monoisotopic (exact) mass is 304 g/mol. The van der Waals surface area contributed by atoms with Crippen LogP contribution in [-0.2, 0) is 16.0 Å². The summed E-state index contributed by atoms with van der Waals surface area (Å²) in [6.07, 6.45) is 2.50. The molecule has 0 spiro atoms. The molecule has 1 aliphatic rings. The molecule has 0 aromatic heterocycles. The molecule has 1 amide bonds. The van der Waals surface area contributed by atoms with Gasteiger partial charge in [-0.3, -0.25) is 14.5 Å². The number of ketones is 1. The molecular formula is C17H24N2O3. The summed E-state index contributed by atoms with van der Waals surface area (Å²) >= 11 is 0. The average Bonchev–Trinajstić information content (AvgIpc) is 2.90. The summed E-state index contributed by atoms with van der Waals surface area (Å²) < 4.78 is 0. The van der Waals surface area contributed by atoms with Gasteiger partial charge in [-0.1, -0.05) is 13.3 Å². The Hall–Kier alpha value is -1.88. The number of Topliss-reactive ketones (excluding diaryl/α,β-unsaturated/α-hetero) is 1. The lowest BCUT2D eigenvalue weighted by Gasteiger charge is -2.14. The van der Waals surface area contributed by atoms with E-state index >= 15 is 0 Å². The zero-order chi connectivity index (χ0) is 16.1. The second-order valence-electron chi connectivity index (χ2n) is 6.01. The van der Waals surface area contributed by atoms with Crippen molar-refractivity contribution in [2.24, 2.45) is 5.92 Å². The molecule has 1 atom stereocenters. The van der Waals surface area contributed by atoms with Gasteiger partial charge in [-0.25, -0.2) is 0 Å². The highest BCUT2D eigenvalue weighted by atomic mass is 16.3. The largest absolute Gasteiger partial charge is 0.508 e. The SMILES string of the molecule is CCCc1cc(NC(=O)C2CCN(CC(C)=O)C2)ccc1O. The van der Waals surface area contributed by atoms with Crippen LogP contribution in [0.2, 0.25) is 0 Å². The molecule has 5 nitrogen and oxygen atoms in total. The van der Waals surface area contributed by atoms with Crippen LogP contribution in [0, 0.1) is 5.92 Å². The van der Waals surface area contributed by atoms with Crippen molar-refractivity contribution < 1.29 is 14.7 Å². The zero-order valence-electron chi connectivity index (χ0n) is 13.3. The fraction of sp³-hybridized carbons (Fsp3) is 0.529. The summed E-state index contributed by atoms with van der Waals surface area (Å²) in [5.74, 6) is 0.305. The van der Waals surface area contributed by atoms with E-state index in [9.17, 15) is 14.7 Å². The van der Waals surface area contributed by atoms with Gasteiger partial charge in [0.05, 0.1) is 12.5 Å². The maximum Gasteiger partial charge on any atom is 0.228 e. The number of benzene rings is 1. The molecule has 1 fully saturated rings. The fourth-order valence-electron chi connectivity index (χ4n) is 2.88.